The predicted octanol–water partition coefficient (Wildman–Crippen LogP) is 2.56. The van der Waals surface area contributed by atoms with Gasteiger partial charge in [-0.3, -0.25) is 0 Å². The smallest absolute Gasteiger partial charge is 0.340 e. The molecule has 1 aromatic carbocycles. The third-order valence-electron chi connectivity index (χ3n) is 2.70. The minimum Gasteiger partial charge on any atom is -0.462 e. The van der Waals surface area contributed by atoms with Gasteiger partial charge >= 0.3 is 5.97 Å². The molecule has 0 aliphatic heterocycles. The molecule has 0 aliphatic carbocycles. The fraction of sp³-hybridized carbons (Fsp3) is 0.286. The molecular weight excluding hydrogens is 274 g/mol. The lowest BCUT2D eigenvalue weighted by Gasteiger charge is -2.09. The summed E-state index contributed by atoms with van der Waals surface area (Å²) in [6.07, 6.45) is 2.64. The molecule has 0 bridgehead atoms. The maximum atomic E-state index is 11.7. The number of nitrogens with zero attached hydrogens (tertiary/aromatic N) is 1. The molecule has 0 spiro atoms. The van der Waals surface area contributed by atoms with Gasteiger partial charge in [0.2, 0.25) is 0 Å². The minimum atomic E-state index is -0.395. The molecule has 1 heterocycles. The number of benzene rings is 1. The van der Waals surface area contributed by atoms with E-state index in [4.69, 9.17) is 10.5 Å². The van der Waals surface area contributed by atoms with E-state index in [-0.39, 0.29) is 0 Å². The zero-order valence-corrected chi connectivity index (χ0v) is 12.1. The van der Waals surface area contributed by atoms with E-state index >= 15 is 0 Å². The predicted molar refractivity (Wildman–Crippen MR) is 81.1 cm³/mol. The summed E-state index contributed by atoms with van der Waals surface area (Å²) < 4.78 is 4.97. The number of esters is 1. The summed E-state index contributed by atoms with van der Waals surface area (Å²) in [6.45, 7) is 2.85. The Balaban J connectivity index is 1.98. The van der Waals surface area contributed by atoms with E-state index in [1.165, 1.54) is 0 Å². The number of nitrogens with two attached hydrogens (primary N) is 1. The van der Waals surface area contributed by atoms with E-state index < -0.39 is 5.97 Å². The molecule has 3 N–H and O–H groups in total. The van der Waals surface area contributed by atoms with Crippen LogP contribution in [0.25, 0.3) is 0 Å². The Morgan fingerprint density at radius 1 is 1.50 bits per heavy atom. The topological polar surface area (TPSA) is 77.2 Å². The lowest BCUT2D eigenvalue weighted by Crippen LogP contribution is -2.10. The molecule has 2 aromatic rings. The molecule has 2 rings (SSSR count). The Morgan fingerprint density at radius 2 is 2.35 bits per heavy atom. The van der Waals surface area contributed by atoms with Gasteiger partial charge < -0.3 is 15.8 Å². The second kappa shape index (κ2) is 6.91. The molecule has 5 nitrogen and oxygen atoms in total. The summed E-state index contributed by atoms with van der Waals surface area (Å²) in [5.41, 5.74) is 7.46. The molecule has 20 heavy (non-hydrogen) atoms. The summed E-state index contributed by atoms with van der Waals surface area (Å²) in [7, 11) is 0. The van der Waals surface area contributed by atoms with Crippen LogP contribution in [-0.2, 0) is 11.2 Å². The zero-order chi connectivity index (χ0) is 14.4. The van der Waals surface area contributed by atoms with Gasteiger partial charge in [0, 0.05) is 35.9 Å². The number of rotatable bonds is 6. The SMILES string of the molecule is CCOC(=O)c1cc(NCCc2nccs2)ccc1N. The van der Waals surface area contributed by atoms with Crippen molar-refractivity contribution in [2.75, 3.05) is 24.2 Å². The van der Waals surface area contributed by atoms with Crippen LogP contribution in [0.15, 0.2) is 29.8 Å². The van der Waals surface area contributed by atoms with Crippen LogP contribution in [-0.4, -0.2) is 24.1 Å². The van der Waals surface area contributed by atoms with Gasteiger partial charge in [0.15, 0.2) is 0 Å². The van der Waals surface area contributed by atoms with Crippen molar-refractivity contribution in [2.45, 2.75) is 13.3 Å². The van der Waals surface area contributed by atoms with Crippen molar-refractivity contribution in [3.63, 3.8) is 0 Å². The van der Waals surface area contributed by atoms with Gasteiger partial charge in [-0.25, -0.2) is 9.78 Å². The number of hydrogen-bond donors (Lipinski definition) is 2. The molecule has 1 aromatic heterocycles. The Morgan fingerprint density at radius 3 is 3.05 bits per heavy atom. The summed E-state index contributed by atoms with van der Waals surface area (Å²) in [5.74, 6) is -0.395. The second-order valence-electron chi connectivity index (χ2n) is 4.13. The number of nitrogens with one attached hydrogen (secondary N) is 1. The molecule has 0 fully saturated rings. The van der Waals surface area contributed by atoms with Crippen molar-refractivity contribution in [1.82, 2.24) is 4.98 Å². The molecule has 0 atom stereocenters. The van der Waals surface area contributed by atoms with E-state index in [2.05, 4.69) is 10.3 Å². The van der Waals surface area contributed by atoms with E-state index in [0.29, 0.717) is 17.9 Å². The number of thiazole rings is 1. The van der Waals surface area contributed by atoms with Crippen LogP contribution in [0.5, 0.6) is 0 Å². The number of aromatic nitrogens is 1. The van der Waals surface area contributed by atoms with Crippen LogP contribution in [0.4, 0.5) is 11.4 Å². The van der Waals surface area contributed by atoms with Crippen LogP contribution < -0.4 is 11.1 Å². The van der Waals surface area contributed by atoms with Gasteiger partial charge in [0.1, 0.15) is 0 Å². The average Bonchev–Trinajstić information content (AvgIpc) is 2.94. The number of nitrogen functional groups attached to an aromatic ring is 1. The molecular formula is C14H17N3O2S. The van der Waals surface area contributed by atoms with Crippen molar-refractivity contribution in [1.29, 1.82) is 0 Å². The molecule has 6 heteroatoms. The van der Waals surface area contributed by atoms with Crippen molar-refractivity contribution < 1.29 is 9.53 Å². The lowest BCUT2D eigenvalue weighted by molar-refractivity contribution is 0.0527. The second-order valence-corrected chi connectivity index (χ2v) is 5.10. The monoisotopic (exact) mass is 291 g/mol. The average molecular weight is 291 g/mol. The van der Waals surface area contributed by atoms with Crippen molar-refractivity contribution in [3.05, 3.63) is 40.3 Å². The Labute approximate surface area is 121 Å². The quantitative estimate of drug-likeness (QED) is 0.632. The van der Waals surface area contributed by atoms with Gasteiger partial charge in [0.05, 0.1) is 17.2 Å². The third-order valence-corrected chi connectivity index (χ3v) is 3.54. The standard InChI is InChI=1S/C14H17N3O2S/c1-2-19-14(18)11-9-10(3-4-12(11)15)16-6-5-13-17-7-8-20-13/h3-4,7-9,16H,2,5-6,15H2,1H3. The highest BCUT2D eigenvalue weighted by molar-refractivity contribution is 7.09. The number of carbonyl (C=O) groups excluding carboxylic acids is 1. The summed E-state index contributed by atoms with van der Waals surface area (Å²) in [6, 6.07) is 5.27. The first-order chi connectivity index (χ1) is 9.70. The van der Waals surface area contributed by atoms with Crippen LogP contribution >= 0.6 is 11.3 Å². The number of anilines is 2. The molecule has 0 aliphatic rings. The molecule has 0 saturated carbocycles. The number of hydrogen-bond acceptors (Lipinski definition) is 6. The van der Waals surface area contributed by atoms with Gasteiger partial charge in [-0.05, 0) is 25.1 Å². The first-order valence-corrected chi connectivity index (χ1v) is 7.27. The molecule has 0 unspecified atom stereocenters. The Bertz CT molecular complexity index is 570. The van der Waals surface area contributed by atoms with Crippen LogP contribution in [0, 0.1) is 0 Å². The first kappa shape index (κ1) is 14.3. The minimum absolute atomic E-state index is 0.333. The van der Waals surface area contributed by atoms with Crippen molar-refractivity contribution in [2.24, 2.45) is 0 Å². The van der Waals surface area contributed by atoms with Gasteiger partial charge in [-0.15, -0.1) is 11.3 Å². The zero-order valence-electron chi connectivity index (χ0n) is 11.3. The van der Waals surface area contributed by atoms with E-state index in [1.54, 1.807) is 36.6 Å². The first-order valence-electron chi connectivity index (χ1n) is 6.39. The molecule has 0 saturated heterocycles. The maximum absolute atomic E-state index is 11.7. The molecule has 0 radical (unpaired) electrons. The highest BCUT2D eigenvalue weighted by Gasteiger charge is 2.11. The number of carbonyl (C=O) groups is 1. The largest absolute Gasteiger partial charge is 0.462 e. The fourth-order valence-electron chi connectivity index (χ4n) is 1.74. The van der Waals surface area contributed by atoms with Gasteiger partial charge in [-0.2, -0.15) is 0 Å². The van der Waals surface area contributed by atoms with Crippen LogP contribution in [0.3, 0.4) is 0 Å². The van der Waals surface area contributed by atoms with E-state index in [0.717, 1.165) is 23.7 Å². The maximum Gasteiger partial charge on any atom is 0.340 e. The normalized spacial score (nSPS) is 10.2. The highest BCUT2D eigenvalue weighted by atomic mass is 32.1. The molecule has 0 amide bonds. The highest BCUT2D eigenvalue weighted by Crippen LogP contribution is 2.19. The van der Waals surface area contributed by atoms with E-state index in [1.807, 2.05) is 11.4 Å². The lowest BCUT2D eigenvalue weighted by atomic mass is 10.1. The van der Waals surface area contributed by atoms with E-state index in [9.17, 15) is 4.79 Å². The molecule has 106 valence electrons. The van der Waals surface area contributed by atoms with Crippen molar-refractivity contribution >= 4 is 28.7 Å². The Hall–Kier alpha value is -2.08. The number of ether oxygens (including phenoxy) is 1. The van der Waals surface area contributed by atoms with Crippen LogP contribution in [0.2, 0.25) is 0 Å². The summed E-state index contributed by atoms with van der Waals surface area (Å²) in [5, 5.41) is 6.29. The van der Waals surface area contributed by atoms with Gasteiger partial charge in [0.25, 0.3) is 0 Å². The van der Waals surface area contributed by atoms with Crippen LogP contribution in [0.1, 0.15) is 22.3 Å². The van der Waals surface area contributed by atoms with Gasteiger partial charge in [-0.1, -0.05) is 0 Å². The Kier molecular flexibility index (Phi) is 4.95. The summed E-state index contributed by atoms with van der Waals surface area (Å²) in [4.78, 5) is 16.0. The fourth-order valence-corrected chi connectivity index (χ4v) is 2.36. The summed E-state index contributed by atoms with van der Waals surface area (Å²) >= 11 is 1.63. The third kappa shape index (κ3) is 3.71. The van der Waals surface area contributed by atoms with Crippen molar-refractivity contribution in [3.8, 4) is 0 Å².